The van der Waals surface area contributed by atoms with Crippen LogP contribution in [0.25, 0.3) is 0 Å². The second-order valence-electron chi connectivity index (χ2n) is 3.07. The van der Waals surface area contributed by atoms with Crippen LogP contribution in [-0.4, -0.2) is 18.2 Å². The Bertz CT molecular complexity index is 432. The van der Waals surface area contributed by atoms with E-state index in [4.69, 9.17) is 15.6 Å². The summed E-state index contributed by atoms with van der Waals surface area (Å²) < 4.78 is 13.3. The normalized spacial score (nSPS) is 9.25. The first kappa shape index (κ1) is 12.0. The summed E-state index contributed by atoms with van der Waals surface area (Å²) in [5, 5.41) is 26.3. The first-order valence-electron chi connectivity index (χ1n) is 4.61. The highest BCUT2D eigenvalue weighted by Gasteiger charge is 2.13. The molecule has 16 heavy (non-hydrogen) atoms. The van der Waals surface area contributed by atoms with Gasteiger partial charge >= 0.3 is 0 Å². The Labute approximate surface area is 92.8 Å². The van der Waals surface area contributed by atoms with E-state index < -0.39 is 12.4 Å². The lowest BCUT2D eigenvalue weighted by Gasteiger charge is -2.21. The molecule has 0 aliphatic rings. The van der Waals surface area contributed by atoms with Crippen LogP contribution in [0.5, 0.6) is 0 Å². The van der Waals surface area contributed by atoms with Crippen molar-refractivity contribution in [3.8, 4) is 12.1 Å². The zero-order chi connectivity index (χ0) is 12.0. The fourth-order valence-corrected chi connectivity index (χ4v) is 1.40. The van der Waals surface area contributed by atoms with E-state index in [2.05, 4.69) is 0 Å². The molecule has 1 aromatic rings. The third-order valence-electron chi connectivity index (χ3n) is 2.12. The van der Waals surface area contributed by atoms with Gasteiger partial charge in [0.2, 0.25) is 0 Å². The molecule has 0 heterocycles. The molecular weight excluding hydrogens is 209 g/mol. The van der Waals surface area contributed by atoms with Crippen LogP contribution < -0.4 is 4.90 Å². The average molecular weight is 219 g/mol. The fourth-order valence-electron chi connectivity index (χ4n) is 1.40. The van der Waals surface area contributed by atoms with E-state index in [1.807, 2.05) is 12.1 Å². The molecule has 0 aliphatic heterocycles. The second-order valence-corrected chi connectivity index (χ2v) is 3.07. The first-order chi connectivity index (χ1) is 7.74. The molecule has 0 atom stereocenters. The van der Waals surface area contributed by atoms with E-state index in [0.717, 1.165) is 0 Å². The van der Waals surface area contributed by atoms with Crippen molar-refractivity contribution in [2.45, 2.75) is 6.61 Å². The fraction of sp³-hybridized carbons (Fsp3) is 0.273. The summed E-state index contributed by atoms with van der Waals surface area (Å²) in [6.07, 6.45) is 0. The van der Waals surface area contributed by atoms with Crippen molar-refractivity contribution < 1.29 is 9.50 Å². The smallest absolute Gasteiger partial charge is 0.130 e. The number of hydrogen-bond acceptors (Lipinski definition) is 4. The van der Waals surface area contributed by atoms with Crippen molar-refractivity contribution in [1.82, 2.24) is 0 Å². The Morgan fingerprint density at radius 2 is 1.88 bits per heavy atom. The van der Waals surface area contributed by atoms with Crippen molar-refractivity contribution in [2.24, 2.45) is 0 Å². The van der Waals surface area contributed by atoms with Crippen LogP contribution in [0, 0.1) is 28.5 Å². The molecule has 0 unspecified atom stereocenters. The van der Waals surface area contributed by atoms with Gasteiger partial charge in [0.1, 0.15) is 18.9 Å². The van der Waals surface area contributed by atoms with E-state index in [1.165, 1.54) is 17.0 Å². The molecule has 1 N–H and O–H groups in total. The van der Waals surface area contributed by atoms with Crippen LogP contribution in [0.15, 0.2) is 18.2 Å². The van der Waals surface area contributed by atoms with E-state index in [9.17, 15) is 4.39 Å². The van der Waals surface area contributed by atoms with Crippen LogP contribution in [0.2, 0.25) is 0 Å². The molecule has 0 amide bonds. The minimum atomic E-state index is -0.541. The SMILES string of the molecule is N#CCN(CC#N)c1cccc(F)c1CO. The summed E-state index contributed by atoms with van der Waals surface area (Å²) in [5.41, 5.74) is 0.485. The van der Waals surface area contributed by atoms with Gasteiger partial charge in [0, 0.05) is 11.3 Å². The van der Waals surface area contributed by atoms with Crippen LogP contribution in [-0.2, 0) is 6.61 Å². The highest BCUT2D eigenvalue weighted by Crippen LogP contribution is 2.22. The van der Waals surface area contributed by atoms with Gasteiger partial charge in [0.25, 0.3) is 0 Å². The topological polar surface area (TPSA) is 71.0 Å². The maximum atomic E-state index is 13.3. The standard InChI is InChI=1S/C11H10FN3O/c12-10-2-1-3-11(9(10)8-16)15(6-4-13)7-5-14/h1-3,16H,6-8H2. The van der Waals surface area contributed by atoms with Gasteiger partial charge in [-0.3, -0.25) is 0 Å². The molecule has 1 rings (SSSR count). The number of hydrogen-bond donors (Lipinski definition) is 1. The number of nitrogens with zero attached hydrogens (tertiary/aromatic N) is 3. The Balaban J connectivity index is 3.14. The van der Waals surface area contributed by atoms with Gasteiger partial charge in [-0.2, -0.15) is 10.5 Å². The summed E-state index contributed by atoms with van der Waals surface area (Å²) in [4.78, 5) is 1.41. The van der Waals surface area contributed by atoms with Gasteiger partial charge in [-0.05, 0) is 12.1 Å². The zero-order valence-electron chi connectivity index (χ0n) is 8.52. The van der Waals surface area contributed by atoms with Gasteiger partial charge in [-0.15, -0.1) is 0 Å². The van der Waals surface area contributed by atoms with Crippen LogP contribution in [0.3, 0.4) is 0 Å². The number of anilines is 1. The Kier molecular flexibility index (Phi) is 4.26. The van der Waals surface area contributed by atoms with E-state index >= 15 is 0 Å². The molecule has 0 saturated heterocycles. The van der Waals surface area contributed by atoms with Gasteiger partial charge in [-0.1, -0.05) is 6.07 Å². The molecule has 0 aromatic heterocycles. The zero-order valence-corrected chi connectivity index (χ0v) is 8.52. The molecule has 82 valence electrons. The molecular formula is C11H10FN3O. The quantitative estimate of drug-likeness (QED) is 0.771. The van der Waals surface area contributed by atoms with Gasteiger partial charge in [-0.25, -0.2) is 4.39 Å². The van der Waals surface area contributed by atoms with E-state index in [1.54, 1.807) is 6.07 Å². The highest BCUT2D eigenvalue weighted by atomic mass is 19.1. The summed E-state index contributed by atoms with van der Waals surface area (Å²) in [6, 6.07) is 8.06. The molecule has 0 aliphatic carbocycles. The Morgan fingerprint density at radius 3 is 2.38 bits per heavy atom. The predicted molar refractivity (Wildman–Crippen MR) is 55.8 cm³/mol. The van der Waals surface area contributed by atoms with Crippen molar-refractivity contribution in [3.63, 3.8) is 0 Å². The third kappa shape index (κ3) is 2.47. The number of aliphatic hydroxyl groups excluding tert-OH is 1. The summed E-state index contributed by atoms with van der Waals surface area (Å²) >= 11 is 0. The third-order valence-corrected chi connectivity index (χ3v) is 2.12. The van der Waals surface area contributed by atoms with Crippen molar-refractivity contribution >= 4 is 5.69 Å². The molecule has 0 saturated carbocycles. The minimum absolute atomic E-state index is 0.0238. The predicted octanol–water partition coefficient (Wildman–Crippen LogP) is 1.17. The lowest BCUT2D eigenvalue weighted by molar-refractivity contribution is 0.276. The molecule has 5 heteroatoms. The van der Waals surface area contributed by atoms with E-state index in [0.29, 0.717) is 5.69 Å². The molecule has 1 aromatic carbocycles. The molecule has 0 fully saturated rings. The maximum Gasteiger partial charge on any atom is 0.130 e. The van der Waals surface area contributed by atoms with Crippen molar-refractivity contribution in [2.75, 3.05) is 18.0 Å². The van der Waals surface area contributed by atoms with Gasteiger partial charge in [0.15, 0.2) is 0 Å². The summed E-state index contributed by atoms with van der Waals surface area (Å²) in [7, 11) is 0. The lowest BCUT2D eigenvalue weighted by Crippen LogP contribution is -2.25. The van der Waals surface area contributed by atoms with Gasteiger partial charge in [0.05, 0.1) is 18.7 Å². The van der Waals surface area contributed by atoms with Crippen LogP contribution >= 0.6 is 0 Å². The number of benzene rings is 1. The van der Waals surface area contributed by atoms with Crippen LogP contribution in [0.1, 0.15) is 5.56 Å². The first-order valence-corrected chi connectivity index (χ1v) is 4.61. The number of halogens is 1. The molecule has 4 nitrogen and oxygen atoms in total. The largest absolute Gasteiger partial charge is 0.391 e. The summed E-state index contributed by atoms with van der Waals surface area (Å²) in [6.45, 7) is -0.511. The second kappa shape index (κ2) is 5.69. The maximum absolute atomic E-state index is 13.3. The molecule has 0 radical (unpaired) electrons. The van der Waals surface area contributed by atoms with E-state index in [-0.39, 0.29) is 18.7 Å². The van der Waals surface area contributed by atoms with Crippen LogP contribution in [0.4, 0.5) is 10.1 Å². The minimum Gasteiger partial charge on any atom is -0.391 e. The number of rotatable bonds is 4. The van der Waals surface area contributed by atoms with Crippen molar-refractivity contribution in [3.05, 3.63) is 29.6 Å². The lowest BCUT2D eigenvalue weighted by atomic mass is 10.1. The summed E-state index contributed by atoms with van der Waals surface area (Å²) in [5.74, 6) is -0.541. The van der Waals surface area contributed by atoms with Gasteiger partial charge < -0.3 is 10.0 Å². The number of aliphatic hydroxyl groups is 1. The Morgan fingerprint density at radius 1 is 1.25 bits per heavy atom. The Hall–Kier alpha value is -2.11. The molecule has 0 spiro atoms. The molecule has 0 bridgehead atoms. The monoisotopic (exact) mass is 219 g/mol. The average Bonchev–Trinajstić information content (AvgIpc) is 2.28. The van der Waals surface area contributed by atoms with Crippen molar-refractivity contribution in [1.29, 1.82) is 10.5 Å². The number of nitriles is 2. The highest BCUT2D eigenvalue weighted by molar-refractivity contribution is 5.55.